The molecular weight excluding hydrogens is 378 g/mol. The van der Waals surface area contributed by atoms with Gasteiger partial charge in [-0.2, -0.15) is 9.97 Å². The molecule has 0 aliphatic heterocycles. The summed E-state index contributed by atoms with van der Waals surface area (Å²) < 4.78 is 11.0. The predicted molar refractivity (Wildman–Crippen MR) is 113 cm³/mol. The molecule has 0 unspecified atom stereocenters. The molecule has 1 aromatic carbocycles. The Morgan fingerprint density at radius 1 is 1.03 bits per heavy atom. The second-order valence-electron chi connectivity index (χ2n) is 8.18. The zero-order chi connectivity index (χ0) is 20.2. The Kier molecular flexibility index (Phi) is 5.59. The van der Waals surface area contributed by atoms with Crippen molar-refractivity contribution in [3.8, 4) is 17.3 Å². The molecule has 2 aliphatic carbocycles. The van der Waals surface area contributed by atoms with Gasteiger partial charge in [0.25, 0.3) is 0 Å². The highest BCUT2D eigenvalue weighted by molar-refractivity contribution is 5.65. The van der Waals surface area contributed by atoms with Crippen LogP contribution in [0.2, 0.25) is 0 Å². The SMILES string of the molecule is c1cc(NCCCCCc2nc(C3CC3)no2)cc(-c2ccnc(OC3CC3)n2)c1. The van der Waals surface area contributed by atoms with Crippen LogP contribution in [-0.2, 0) is 6.42 Å². The van der Waals surface area contributed by atoms with E-state index in [1.807, 2.05) is 12.1 Å². The van der Waals surface area contributed by atoms with E-state index < -0.39 is 0 Å². The van der Waals surface area contributed by atoms with Gasteiger partial charge >= 0.3 is 6.01 Å². The van der Waals surface area contributed by atoms with Gasteiger partial charge in [0.05, 0.1) is 5.69 Å². The molecule has 1 N–H and O–H groups in total. The first-order valence-corrected chi connectivity index (χ1v) is 11.0. The van der Waals surface area contributed by atoms with Gasteiger partial charge in [-0.3, -0.25) is 0 Å². The van der Waals surface area contributed by atoms with Gasteiger partial charge in [-0.05, 0) is 56.7 Å². The summed E-state index contributed by atoms with van der Waals surface area (Å²) in [5.41, 5.74) is 3.04. The third kappa shape index (κ3) is 5.14. The molecule has 0 atom stereocenters. The molecule has 156 valence electrons. The highest BCUT2D eigenvalue weighted by Crippen LogP contribution is 2.38. The molecule has 2 fully saturated rings. The van der Waals surface area contributed by atoms with Crippen molar-refractivity contribution in [2.24, 2.45) is 0 Å². The highest BCUT2D eigenvalue weighted by Gasteiger charge is 2.28. The Bertz CT molecular complexity index is 981. The normalized spacial score (nSPS) is 15.9. The number of anilines is 1. The van der Waals surface area contributed by atoms with E-state index in [4.69, 9.17) is 9.26 Å². The van der Waals surface area contributed by atoms with Crippen molar-refractivity contribution in [1.82, 2.24) is 20.1 Å². The van der Waals surface area contributed by atoms with Crippen LogP contribution in [0.25, 0.3) is 11.3 Å². The van der Waals surface area contributed by atoms with Crippen molar-refractivity contribution in [2.45, 2.75) is 63.4 Å². The lowest BCUT2D eigenvalue weighted by atomic mass is 10.1. The van der Waals surface area contributed by atoms with Crippen molar-refractivity contribution < 1.29 is 9.26 Å². The van der Waals surface area contributed by atoms with Crippen LogP contribution in [0.1, 0.15) is 62.6 Å². The van der Waals surface area contributed by atoms with E-state index in [2.05, 4.69) is 43.6 Å². The number of aryl methyl sites for hydroxylation is 1. The minimum Gasteiger partial charge on any atom is -0.460 e. The van der Waals surface area contributed by atoms with E-state index in [0.29, 0.717) is 18.0 Å². The fraction of sp³-hybridized carbons (Fsp3) is 0.478. The van der Waals surface area contributed by atoms with Gasteiger partial charge in [0.2, 0.25) is 5.89 Å². The Morgan fingerprint density at radius 2 is 1.97 bits per heavy atom. The summed E-state index contributed by atoms with van der Waals surface area (Å²) in [6.45, 7) is 0.931. The molecule has 5 rings (SSSR count). The summed E-state index contributed by atoms with van der Waals surface area (Å²) in [5.74, 6) is 2.25. The van der Waals surface area contributed by atoms with E-state index in [1.54, 1.807) is 6.20 Å². The van der Waals surface area contributed by atoms with Crippen molar-refractivity contribution in [1.29, 1.82) is 0 Å². The Labute approximate surface area is 176 Å². The second-order valence-corrected chi connectivity index (χ2v) is 8.18. The number of unbranched alkanes of at least 4 members (excludes halogenated alkanes) is 2. The van der Waals surface area contributed by atoms with Crippen molar-refractivity contribution in [2.75, 3.05) is 11.9 Å². The topological polar surface area (TPSA) is 86.0 Å². The van der Waals surface area contributed by atoms with Crippen LogP contribution in [0, 0.1) is 0 Å². The summed E-state index contributed by atoms with van der Waals surface area (Å²) in [6.07, 6.45) is 10.8. The van der Waals surface area contributed by atoms with Crippen LogP contribution in [0.15, 0.2) is 41.1 Å². The van der Waals surface area contributed by atoms with Crippen LogP contribution in [0.5, 0.6) is 6.01 Å². The molecule has 3 aromatic rings. The van der Waals surface area contributed by atoms with Crippen molar-refractivity contribution >= 4 is 5.69 Å². The van der Waals surface area contributed by atoms with Gasteiger partial charge in [0.1, 0.15) is 6.10 Å². The maximum Gasteiger partial charge on any atom is 0.317 e. The van der Waals surface area contributed by atoms with Gasteiger partial charge in [0.15, 0.2) is 5.82 Å². The molecule has 2 saturated carbocycles. The first-order chi connectivity index (χ1) is 14.8. The number of benzene rings is 1. The van der Waals surface area contributed by atoms with E-state index in [-0.39, 0.29) is 0 Å². The number of ether oxygens (including phenoxy) is 1. The zero-order valence-electron chi connectivity index (χ0n) is 17.1. The quantitative estimate of drug-likeness (QED) is 0.460. The lowest BCUT2D eigenvalue weighted by molar-refractivity contribution is 0.278. The molecule has 30 heavy (non-hydrogen) atoms. The monoisotopic (exact) mass is 405 g/mol. The minimum absolute atomic E-state index is 0.299. The van der Waals surface area contributed by atoms with Gasteiger partial charge < -0.3 is 14.6 Å². The van der Waals surface area contributed by atoms with Crippen LogP contribution < -0.4 is 10.1 Å². The highest BCUT2D eigenvalue weighted by atomic mass is 16.5. The lowest BCUT2D eigenvalue weighted by Gasteiger charge is -2.09. The molecule has 7 heteroatoms. The molecular formula is C23H27N5O2. The van der Waals surface area contributed by atoms with Crippen LogP contribution >= 0.6 is 0 Å². The van der Waals surface area contributed by atoms with E-state index in [1.165, 1.54) is 12.8 Å². The molecule has 2 heterocycles. The lowest BCUT2D eigenvalue weighted by Crippen LogP contribution is -2.02. The molecule has 0 saturated heterocycles. The number of hydrogen-bond donors (Lipinski definition) is 1. The average Bonchev–Trinajstić information content (AvgIpc) is 3.71. The number of rotatable bonds is 11. The number of nitrogens with one attached hydrogen (secondary N) is 1. The Morgan fingerprint density at radius 3 is 2.83 bits per heavy atom. The Hall–Kier alpha value is -2.96. The van der Waals surface area contributed by atoms with Gasteiger partial charge in [-0.25, -0.2) is 4.98 Å². The maximum absolute atomic E-state index is 5.72. The molecule has 0 radical (unpaired) electrons. The van der Waals surface area contributed by atoms with Gasteiger partial charge in [-0.15, -0.1) is 0 Å². The fourth-order valence-electron chi connectivity index (χ4n) is 3.37. The number of hydrogen-bond acceptors (Lipinski definition) is 7. The van der Waals surface area contributed by atoms with Gasteiger partial charge in [0, 0.05) is 36.3 Å². The fourth-order valence-corrected chi connectivity index (χ4v) is 3.37. The van der Waals surface area contributed by atoms with E-state index in [0.717, 1.165) is 73.7 Å². The van der Waals surface area contributed by atoms with Crippen LogP contribution in [0.3, 0.4) is 0 Å². The molecule has 2 aliphatic rings. The molecule has 0 bridgehead atoms. The number of nitrogens with zero attached hydrogens (tertiary/aromatic N) is 4. The average molecular weight is 406 g/mol. The van der Waals surface area contributed by atoms with E-state index >= 15 is 0 Å². The number of aromatic nitrogens is 4. The predicted octanol–water partition coefficient (Wildman–Crippen LogP) is 4.77. The molecule has 7 nitrogen and oxygen atoms in total. The summed E-state index contributed by atoms with van der Waals surface area (Å²) >= 11 is 0. The summed E-state index contributed by atoms with van der Waals surface area (Å²) in [7, 11) is 0. The zero-order valence-corrected chi connectivity index (χ0v) is 17.1. The van der Waals surface area contributed by atoms with Crippen LogP contribution in [-0.4, -0.2) is 32.8 Å². The first-order valence-electron chi connectivity index (χ1n) is 11.0. The maximum atomic E-state index is 5.72. The van der Waals surface area contributed by atoms with Crippen LogP contribution in [0.4, 0.5) is 5.69 Å². The summed E-state index contributed by atoms with van der Waals surface area (Å²) in [5, 5.41) is 7.58. The standard InChI is InChI=1S/C23H27N5O2/c1(2-7-21-27-22(28-30-21)16-8-9-16)3-13-24-18-6-4-5-17(15-18)20-12-14-25-23(26-20)29-19-10-11-19/h4-6,12,14-16,19,24H,1-3,7-11,13H2. The molecule has 0 amide bonds. The smallest absolute Gasteiger partial charge is 0.317 e. The van der Waals surface area contributed by atoms with E-state index in [9.17, 15) is 0 Å². The summed E-state index contributed by atoms with van der Waals surface area (Å²) in [6, 6.07) is 10.7. The van der Waals surface area contributed by atoms with Gasteiger partial charge in [-0.1, -0.05) is 23.7 Å². The summed E-state index contributed by atoms with van der Waals surface area (Å²) in [4.78, 5) is 13.3. The first kappa shape index (κ1) is 19.0. The van der Waals surface area contributed by atoms with Crippen molar-refractivity contribution in [3.63, 3.8) is 0 Å². The third-order valence-corrected chi connectivity index (χ3v) is 5.41. The largest absolute Gasteiger partial charge is 0.460 e. The molecule has 2 aromatic heterocycles. The van der Waals surface area contributed by atoms with Crippen molar-refractivity contribution in [3.05, 3.63) is 48.2 Å². The molecule has 0 spiro atoms. The Balaban J connectivity index is 1.06. The third-order valence-electron chi connectivity index (χ3n) is 5.41. The minimum atomic E-state index is 0.299. The second kappa shape index (κ2) is 8.81.